The molecule has 0 amide bonds. The van der Waals surface area contributed by atoms with E-state index in [1.54, 1.807) is 0 Å². The highest BCUT2D eigenvalue weighted by Gasteiger charge is 2.32. The largest absolute Gasteiger partial charge is 0.454 e. The molecule has 1 saturated heterocycles. The Bertz CT molecular complexity index is 839. The number of halogens is 4. The first kappa shape index (κ1) is 18.2. The van der Waals surface area contributed by atoms with Gasteiger partial charge in [0.15, 0.2) is 11.5 Å². The van der Waals surface area contributed by atoms with E-state index < -0.39 is 11.7 Å². The number of hydrogen-bond donors (Lipinski definition) is 0. The normalized spacial score (nSPS) is 17.4. The lowest BCUT2D eigenvalue weighted by molar-refractivity contribution is -0.137. The monoisotopic (exact) mass is 399 g/mol. The van der Waals surface area contributed by atoms with Gasteiger partial charge in [0.05, 0.1) is 10.6 Å². The second kappa shape index (κ2) is 7.09. The van der Waals surface area contributed by atoms with E-state index in [0.29, 0.717) is 18.9 Å². The smallest absolute Gasteiger partial charge is 0.417 e. The van der Waals surface area contributed by atoms with Gasteiger partial charge in [-0.1, -0.05) is 17.7 Å². The molecule has 1 aromatic carbocycles. The SMILES string of the molecule is FC(F)(F)c1cnc(N2CCN(Cc3ccc4c(c3)OCO4)CC2)c(Cl)c1. The second-order valence-electron chi connectivity index (χ2n) is 6.48. The van der Waals surface area contributed by atoms with Gasteiger partial charge in [-0.15, -0.1) is 0 Å². The number of hydrogen-bond acceptors (Lipinski definition) is 5. The molecule has 1 aromatic heterocycles. The van der Waals surface area contributed by atoms with Crippen LogP contribution in [0.2, 0.25) is 5.02 Å². The van der Waals surface area contributed by atoms with Crippen molar-refractivity contribution in [2.45, 2.75) is 12.7 Å². The maximum atomic E-state index is 12.7. The number of piperazine rings is 1. The van der Waals surface area contributed by atoms with E-state index in [4.69, 9.17) is 21.1 Å². The first-order valence-corrected chi connectivity index (χ1v) is 8.86. The Morgan fingerprint density at radius 1 is 1.04 bits per heavy atom. The standard InChI is InChI=1S/C18H17ClF3N3O2/c19-14-8-13(18(20,21)22)9-23-17(14)25-5-3-24(4-6-25)10-12-1-2-15-16(7-12)27-11-26-15/h1-2,7-9H,3-6,10-11H2. The zero-order chi connectivity index (χ0) is 19.0. The summed E-state index contributed by atoms with van der Waals surface area (Å²) in [4.78, 5) is 8.13. The summed E-state index contributed by atoms with van der Waals surface area (Å²) >= 11 is 6.05. The predicted molar refractivity (Wildman–Crippen MR) is 94.3 cm³/mol. The molecule has 2 aliphatic rings. The van der Waals surface area contributed by atoms with E-state index >= 15 is 0 Å². The summed E-state index contributed by atoms with van der Waals surface area (Å²) in [6.45, 7) is 3.81. The lowest BCUT2D eigenvalue weighted by atomic mass is 10.1. The molecule has 4 rings (SSSR count). The van der Waals surface area contributed by atoms with Crippen LogP contribution in [0.1, 0.15) is 11.1 Å². The van der Waals surface area contributed by atoms with Gasteiger partial charge in [-0.05, 0) is 23.8 Å². The number of aromatic nitrogens is 1. The molecule has 5 nitrogen and oxygen atoms in total. The number of ether oxygens (including phenoxy) is 2. The molecule has 2 aliphatic heterocycles. The fourth-order valence-electron chi connectivity index (χ4n) is 3.23. The molecule has 0 aliphatic carbocycles. The molecule has 1 fully saturated rings. The number of pyridine rings is 1. The van der Waals surface area contributed by atoms with E-state index in [9.17, 15) is 13.2 Å². The third kappa shape index (κ3) is 3.91. The van der Waals surface area contributed by atoms with Crippen LogP contribution in [0.15, 0.2) is 30.5 Å². The Hall–Kier alpha value is -2.19. The summed E-state index contributed by atoms with van der Waals surface area (Å²) in [5.74, 6) is 1.91. The third-order valence-corrected chi connectivity index (χ3v) is 4.94. The molecule has 9 heteroatoms. The van der Waals surface area contributed by atoms with Gasteiger partial charge in [0.1, 0.15) is 5.82 Å². The van der Waals surface area contributed by atoms with Crippen LogP contribution >= 0.6 is 11.6 Å². The summed E-state index contributed by atoms with van der Waals surface area (Å²) in [6.07, 6.45) is -3.61. The Kier molecular flexibility index (Phi) is 4.77. The number of alkyl halides is 3. The maximum Gasteiger partial charge on any atom is 0.417 e. The van der Waals surface area contributed by atoms with Crippen molar-refractivity contribution in [1.29, 1.82) is 0 Å². The third-order valence-electron chi connectivity index (χ3n) is 4.66. The minimum atomic E-state index is -4.45. The average Bonchev–Trinajstić information content (AvgIpc) is 3.09. The lowest BCUT2D eigenvalue weighted by Gasteiger charge is -2.35. The Morgan fingerprint density at radius 2 is 1.78 bits per heavy atom. The zero-order valence-corrected chi connectivity index (χ0v) is 15.1. The average molecular weight is 400 g/mol. The van der Waals surface area contributed by atoms with Gasteiger partial charge in [-0.25, -0.2) is 4.98 Å². The van der Waals surface area contributed by atoms with Crippen molar-refractivity contribution in [1.82, 2.24) is 9.88 Å². The number of fused-ring (bicyclic) bond motifs is 1. The van der Waals surface area contributed by atoms with Crippen molar-refractivity contribution < 1.29 is 22.6 Å². The zero-order valence-electron chi connectivity index (χ0n) is 14.3. The van der Waals surface area contributed by atoms with Crippen LogP contribution in [0, 0.1) is 0 Å². The van der Waals surface area contributed by atoms with Gasteiger partial charge in [0.2, 0.25) is 6.79 Å². The van der Waals surface area contributed by atoms with Crippen molar-refractivity contribution in [3.8, 4) is 11.5 Å². The van der Waals surface area contributed by atoms with Crippen molar-refractivity contribution in [3.63, 3.8) is 0 Å². The molecule has 0 spiro atoms. The maximum absolute atomic E-state index is 12.7. The van der Waals surface area contributed by atoms with Crippen LogP contribution < -0.4 is 14.4 Å². The molecule has 0 saturated carbocycles. The molecule has 0 bridgehead atoms. The summed E-state index contributed by atoms with van der Waals surface area (Å²) in [5, 5.41) is 0.0223. The second-order valence-corrected chi connectivity index (χ2v) is 6.89. The molecular formula is C18H17ClF3N3O2. The number of nitrogens with zero attached hydrogens (tertiary/aromatic N) is 3. The molecule has 27 heavy (non-hydrogen) atoms. The fraction of sp³-hybridized carbons (Fsp3) is 0.389. The van der Waals surface area contributed by atoms with Gasteiger partial charge >= 0.3 is 6.18 Å². The van der Waals surface area contributed by atoms with Gasteiger partial charge in [-0.2, -0.15) is 13.2 Å². The number of rotatable bonds is 3. The fourth-order valence-corrected chi connectivity index (χ4v) is 3.52. The first-order valence-electron chi connectivity index (χ1n) is 8.49. The minimum Gasteiger partial charge on any atom is -0.454 e. The molecule has 144 valence electrons. The first-order chi connectivity index (χ1) is 12.9. The van der Waals surface area contributed by atoms with E-state index in [0.717, 1.165) is 49.0 Å². The number of anilines is 1. The van der Waals surface area contributed by atoms with E-state index in [1.807, 2.05) is 23.1 Å². The Morgan fingerprint density at radius 3 is 2.48 bits per heavy atom. The van der Waals surface area contributed by atoms with E-state index in [2.05, 4.69) is 9.88 Å². The van der Waals surface area contributed by atoms with Crippen LogP contribution in [0.4, 0.5) is 19.0 Å². The van der Waals surface area contributed by atoms with E-state index in [1.165, 1.54) is 0 Å². The van der Waals surface area contributed by atoms with Crippen molar-refractivity contribution in [2.24, 2.45) is 0 Å². The number of benzene rings is 1. The highest BCUT2D eigenvalue weighted by Crippen LogP contribution is 2.34. The van der Waals surface area contributed by atoms with Gasteiger partial charge in [0, 0.05) is 38.9 Å². The molecule has 3 heterocycles. The van der Waals surface area contributed by atoms with Crippen molar-refractivity contribution in [2.75, 3.05) is 37.9 Å². The van der Waals surface area contributed by atoms with Gasteiger partial charge in [0.25, 0.3) is 0 Å². The molecule has 0 unspecified atom stereocenters. The molecular weight excluding hydrogens is 383 g/mol. The van der Waals surface area contributed by atoms with E-state index in [-0.39, 0.29) is 11.8 Å². The van der Waals surface area contributed by atoms with Crippen LogP contribution in [-0.2, 0) is 12.7 Å². The van der Waals surface area contributed by atoms with Gasteiger partial charge in [-0.3, -0.25) is 4.90 Å². The van der Waals surface area contributed by atoms with Crippen molar-refractivity contribution >= 4 is 17.4 Å². The predicted octanol–water partition coefficient (Wildman–Crippen LogP) is 3.80. The van der Waals surface area contributed by atoms with Crippen LogP contribution in [0.25, 0.3) is 0 Å². The van der Waals surface area contributed by atoms with Crippen LogP contribution in [0.5, 0.6) is 11.5 Å². The van der Waals surface area contributed by atoms with Gasteiger partial charge < -0.3 is 14.4 Å². The minimum absolute atomic E-state index is 0.0223. The molecule has 0 N–H and O–H groups in total. The molecule has 0 radical (unpaired) electrons. The molecule has 2 aromatic rings. The van der Waals surface area contributed by atoms with Crippen molar-refractivity contribution in [3.05, 3.63) is 46.6 Å². The lowest BCUT2D eigenvalue weighted by Crippen LogP contribution is -2.46. The summed E-state index contributed by atoms with van der Waals surface area (Å²) in [5.41, 5.74) is 0.288. The van der Waals surface area contributed by atoms with Crippen LogP contribution in [-0.4, -0.2) is 42.9 Å². The Balaban J connectivity index is 1.38. The summed E-state index contributed by atoms with van der Waals surface area (Å²) in [7, 11) is 0. The Labute approximate surface area is 159 Å². The highest BCUT2D eigenvalue weighted by atomic mass is 35.5. The molecule has 0 atom stereocenters. The topological polar surface area (TPSA) is 37.8 Å². The quantitative estimate of drug-likeness (QED) is 0.784. The summed E-state index contributed by atoms with van der Waals surface area (Å²) < 4.78 is 49.0. The summed E-state index contributed by atoms with van der Waals surface area (Å²) in [6, 6.07) is 6.82. The highest BCUT2D eigenvalue weighted by molar-refractivity contribution is 6.33. The van der Waals surface area contributed by atoms with Crippen LogP contribution in [0.3, 0.4) is 0 Å².